The molecule has 35 heavy (non-hydrogen) atoms. The average molecular weight is 472 g/mol. The molecule has 0 spiro atoms. The summed E-state index contributed by atoms with van der Waals surface area (Å²) in [4.78, 5) is 15.3. The Morgan fingerprint density at radius 2 is 1.86 bits per heavy atom. The molecular weight excluding hydrogens is 434 g/mol. The van der Waals surface area contributed by atoms with Gasteiger partial charge in [-0.05, 0) is 66.3 Å². The van der Waals surface area contributed by atoms with Crippen molar-refractivity contribution in [1.29, 1.82) is 0 Å². The molecule has 1 aromatic heterocycles. The molecule has 1 N–H and O–H groups in total. The van der Waals surface area contributed by atoms with Crippen molar-refractivity contribution in [1.82, 2.24) is 15.4 Å². The van der Waals surface area contributed by atoms with Crippen LogP contribution in [0.3, 0.4) is 0 Å². The van der Waals surface area contributed by atoms with Gasteiger partial charge in [0.2, 0.25) is 5.91 Å². The van der Waals surface area contributed by atoms with Gasteiger partial charge in [-0.2, -0.15) is 0 Å². The molecule has 0 aliphatic carbocycles. The highest BCUT2D eigenvalue weighted by molar-refractivity contribution is 5.77. The van der Waals surface area contributed by atoms with Gasteiger partial charge in [-0.25, -0.2) is 0 Å². The number of aromatic nitrogens is 1. The molecule has 2 atom stereocenters. The van der Waals surface area contributed by atoms with Crippen LogP contribution >= 0.6 is 0 Å². The van der Waals surface area contributed by atoms with Crippen LogP contribution in [-0.2, 0) is 29.6 Å². The van der Waals surface area contributed by atoms with E-state index >= 15 is 0 Å². The highest BCUT2D eigenvalue weighted by atomic mass is 16.5. The van der Waals surface area contributed by atoms with Crippen LogP contribution in [0.4, 0.5) is 0 Å². The van der Waals surface area contributed by atoms with Crippen LogP contribution in [0.5, 0.6) is 0 Å². The molecule has 0 unspecified atom stereocenters. The zero-order valence-electron chi connectivity index (χ0n) is 21.2. The molecular formula is C30H37N3O2. The Bertz CT molecular complexity index is 1160. The molecule has 2 aliphatic rings. The predicted octanol–water partition coefficient (Wildman–Crippen LogP) is 5.38. The minimum absolute atomic E-state index is 0.128. The van der Waals surface area contributed by atoms with Gasteiger partial charge in [0.15, 0.2) is 5.76 Å². The van der Waals surface area contributed by atoms with Crippen LogP contribution in [0.25, 0.3) is 11.3 Å². The van der Waals surface area contributed by atoms with E-state index in [0.717, 1.165) is 62.5 Å². The zero-order valence-corrected chi connectivity index (χ0v) is 21.2. The third-order valence-electron chi connectivity index (χ3n) is 7.75. The van der Waals surface area contributed by atoms with E-state index in [-0.39, 0.29) is 11.3 Å². The Labute approximate surface area is 208 Å². The number of carbonyl (C=O) groups is 1. The molecule has 5 heteroatoms. The lowest BCUT2D eigenvalue weighted by molar-refractivity contribution is -0.133. The van der Waals surface area contributed by atoms with E-state index < -0.39 is 0 Å². The first-order chi connectivity index (χ1) is 16.9. The Hall–Kier alpha value is -2.92. The van der Waals surface area contributed by atoms with Crippen LogP contribution < -0.4 is 5.32 Å². The topological polar surface area (TPSA) is 58.4 Å². The second kappa shape index (κ2) is 9.98. The maximum atomic E-state index is 13.2. The molecule has 3 heterocycles. The Kier molecular flexibility index (Phi) is 6.79. The molecule has 2 aromatic carbocycles. The number of amides is 1. The number of fused-ring (bicyclic) bond motifs is 1. The molecule has 2 aliphatic heterocycles. The van der Waals surface area contributed by atoms with E-state index in [4.69, 9.17) is 4.52 Å². The Morgan fingerprint density at radius 3 is 2.63 bits per heavy atom. The third kappa shape index (κ3) is 5.51. The second-order valence-corrected chi connectivity index (χ2v) is 11.3. The minimum Gasteiger partial charge on any atom is -0.356 e. The SMILES string of the molecule is CC(C)(C)c1ccc(-c2cc(C[C@H]3CNCC[C@H]3CC(=O)N3CCc4ccccc4C3)no2)cc1. The van der Waals surface area contributed by atoms with Gasteiger partial charge in [-0.3, -0.25) is 4.79 Å². The minimum atomic E-state index is 0.128. The lowest BCUT2D eigenvalue weighted by atomic mass is 9.80. The summed E-state index contributed by atoms with van der Waals surface area (Å²) in [6, 6.07) is 19.1. The highest BCUT2D eigenvalue weighted by Crippen LogP contribution is 2.30. The molecule has 0 radical (unpaired) electrons. The van der Waals surface area contributed by atoms with Crippen molar-refractivity contribution in [2.45, 2.75) is 58.4 Å². The number of hydrogen-bond acceptors (Lipinski definition) is 4. The van der Waals surface area contributed by atoms with Crippen LogP contribution in [0.2, 0.25) is 0 Å². The fourth-order valence-electron chi connectivity index (χ4n) is 5.49. The van der Waals surface area contributed by atoms with Crippen LogP contribution in [0.15, 0.2) is 59.1 Å². The Balaban J connectivity index is 1.22. The molecule has 1 saturated heterocycles. The fourth-order valence-corrected chi connectivity index (χ4v) is 5.49. The quantitative estimate of drug-likeness (QED) is 0.543. The van der Waals surface area contributed by atoms with E-state index in [2.05, 4.69) is 90.7 Å². The molecule has 1 amide bonds. The average Bonchev–Trinajstić information content (AvgIpc) is 3.33. The molecule has 5 nitrogen and oxygen atoms in total. The van der Waals surface area contributed by atoms with E-state index in [0.29, 0.717) is 18.3 Å². The van der Waals surface area contributed by atoms with Gasteiger partial charge in [-0.1, -0.05) is 74.5 Å². The molecule has 3 aromatic rings. The van der Waals surface area contributed by atoms with Crippen LogP contribution in [0.1, 0.15) is 56.0 Å². The van der Waals surface area contributed by atoms with Gasteiger partial charge in [-0.15, -0.1) is 0 Å². The summed E-state index contributed by atoms with van der Waals surface area (Å²) in [5, 5.41) is 7.91. The van der Waals surface area contributed by atoms with E-state index in [1.54, 1.807) is 0 Å². The number of rotatable bonds is 5. The second-order valence-electron chi connectivity index (χ2n) is 11.3. The van der Waals surface area contributed by atoms with Crippen molar-refractivity contribution in [2.24, 2.45) is 11.8 Å². The van der Waals surface area contributed by atoms with Gasteiger partial charge in [0.05, 0.1) is 5.69 Å². The maximum Gasteiger partial charge on any atom is 0.223 e. The number of benzene rings is 2. The third-order valence-corrected chi connectivity index (χ3v) is 7.75. The number of carbonyl (C=O) groups excluding carboxylic acids is 1. The first-order valence-electron chi connectivity index (χ1n) is 13.0. The number of hydrogen-bond donors (Lipinski definition) is 1. The zero-order chi connectivity index (χ0) is 24.4. The number of nitrogens with zero attached hydrogens (tertiary/aromatic N) is 2. The lowest BCUT2D eigenvalue weighted by Gasteiger charge is -2.34. The monoisotopic (exact) mass is 471 g/mol. The summed E-state index contributed by atoms with van der Waals surface area (Å²) >= 11 is 0. The summed E-state index contributed by atoms with van der Waals surface area (Å²) < 4.78 is 5.72. The summed E-state index contributed by atoms with van der Waals surface area (Å²) in [6.45, 7) is 10.1. The summed E-state index contributed by atoms with van der Waals surface area (Å²) in [6.07, 6.45) is 3.43. The molecule has 5 rings (SSSR count). The van der Waals surface area contributed by atoms with Gasteiger partial charge >= 0.3 is 0 Å². The van der Waals surface area contributed by atoms with Crippen LogP contribution in [0, 0.1) is 11.8 Å². The smallest absolute Gasteiger partial charge is 0.223 e. The molecule has 1 fully saturated rings. The van der Waals surface area contributed by atoms with Crippen molar-refractivity contribution in [3.8, 4) is 11.3 Å². The van der Waals surface area contributed by atoms with Crippen molar-refractivity contribution >= 4 is 5.91 Å². The predicted molar refractivity (Wildman–Crippen MR) is 139 cm³/mol. The van der Waals surface area contributed by atoms with Crippen molar-refractivity contribution in [3.63, 3.8) is 0 Å². The first kappa shape index (κ1) is 23.8. The standard InChI is InChI=1S/C30H37N3O2/c1-30(2,3)26-10-8-22(9-11-26)28-18-27(32-35-28)16-25-19-31-14-12-23(25)17-29(34)33-15-13-21-6-4-5-7-24(21)20-33/h4-11,18,23,25,31H,12-17,19-20H2,1-3H3/t23-,25-/m0/s1. The van der Waals surface area contributed by atoms with Crippen molar-refractivity contribution < 1.29 is 9.32 Å². The number of piperidine rings is 1. The van der Waals surface area contributed by atoms with E-state index in [1.807, 2.05) is 0 Å². The molecule has 184 valence electrons. The van der Waals surface area contributed by atoms with E-state index in [9.17, 15) is 4.79 Å². The summed E-state index contributed by atoms with van der Waals surface area (Å²) in [7, 11) is 0. The van der Waals surface area contributed by atoms with Gasteiger partial charge < -0.3 is 14.7 Å². The number of nitrogens with one attached hydrogen (secondary N) is 1. The van der Waals surface area contributed by atoms with Crippen molar-refractivity contribution in [3.05, 3.63) is 77.0 Å². The summed E-state index contributed by atoms with van der Waals surface area (Å²) in [5.41, 5.74) is 6.13. The van der Waals surface area contributed by atoms with Crippen molar-refractivity contribution in [2.75, 3.05) is 19.6 Å². The van der Waals surface area contributed by atoms with E-state index in [1.165, 1.54) is 16.7 Å². The normalized spacial score (nSPS) is 20.5. The lowest BCUT2D eigenvalue weighted by Crippen LogP contribution is -2.42. The highest BCUT2D eigenvalue weighted by Gasteiger charge is 2.30. The first-order valence-corrected chi connectivity index (χ1v) is 13.0. The Morgan fingerprint density at radius 1 is 1.09 bits per heavy atom. The van der Waals surface area contributed by atoms with Crippen LogP contribution in [-0.4, -0.2) is 35.6 Å². The van der Waals surface area contributed by atoms with Gasteiger partial charge in [0.25, 0.3) is 0 Å². The summed E-state index contributed by atoms with van der Waals surface area (Å²) in [5.74, 6) is 1.85. The largest absolute Gasteiger partial charge is 0.356 e. The van der Waals surface area contributed by atoms with Gasteiger partial charge in [0.1, 0.15) is 0 Å². The fraction of sp³-hybridized carbons (Fsp3) is 0.467. The maximum absolute atomic E-state index is 13.2. The van der Waals surface area contributed by atoms with Gasteiger partial charge in [0, 0.05) is 31.1 Å². The molecule has 0 bridgehead atoms. The molecule has 0 saturated carbocycles.